The molecular weight excluding hydrogens is 316 g/mol. The fourth-order valence-corrected chi connectivity index (χ4v) is 7.87. The van der Waals surface area contributed by atoms with E-state index in [9.17, 15) is 5.11 Å². The second-order valence-electron chi connectivity index (χ2n) is 10.3. The molecule has 3 fully saturated rings. The van der Waals surface area contributed by atoms with Gasteiger partial charge in [0.25, 0.3) is 0 Å². The molecule has 0 heterocycles. The summed E-state index contributed by atoms with van der Waals surface area (Å²) in [7, 11) is 0. The van der Waals surface area contributed by atoms with Crippen molar-refractivity contribution in [3.05, 3.63) is 42.0 Å². The molecule has 0 aliphatic heterocycles. The monoisotopic (exact) mass is 350 g/mol. The van der Waals surface area contributed by atoms with Crippen molar-refractivity contribution in [2.75, 3.05) is 0 Å². The Bertz CT molecular complexity index is 706. The van der Waals surface area contributed by atoms with Gasteiger partial charge >= 0.3 is 0 Å². The molecule has 0 aromatic heterocycles. The highest BCUT2D eigenvalue weighted by Gasteiger charge is 2.58. The van der Waals surface area contributed by atoms with E-state index in [0.717, 1.165) is 36.5 Å². The highest BCUT2D eigenvalue weighted by atomic mass is 16.3. The van der Waals surface area contributed by atoms with Crippen molar-refractivity contribution in [3.63, 3.8) is 0 Å². The molecular formula is C25H34O. The number of hydrogen-bond donors (Lipinski definition) is 1. The average molecular weight is 351 g/mol. The van der Waals surface area contributed by atoms with Crippen LogP contribution in [0.5, 0.6) is 0 Å². The third kappa shape index (κ3) is 2.32. The van der Waals surface area contributed by atoms with Crippen LogP contribution in [0.15, 0.2) is 36.4 Å². The minimum atomic E-state index is -0.0312. The van der Waals surface area contributed by atoms with Gasteiger partial charge in [-0.05, 0) is 97.0 Å². The highest BCUT2D eigenvalue weighted by molar-refractivity contribution is 5.72. The van der Waals surface area contributed by atoms with Crippen LogP contribution in [0.3, 0.4) is 0 Å². The van der Waals surface area contributed by atoms with Gasteiger partial charge in [-0.1, -0.05) is 50.3 Å². The van der Waals surface area contributed by atoms with Crippen molar-refractivity contribution < 1.29 is 5.11 Å². The number of aliphatic hydroxyl groups excluding tert-OH is 1. The Balaban J connectivity index is 1.44. The first kappa shape index (κ1) is 17.0. The maximum absolute atomic E-state index is 10.2. The van der Waals surface area contributed by atoms with Crippen molar-refractivity contribution >= 4 is 5.57 Å². The van der Waals surface area contributed by atoms with Crippen molar-refractivity contribution in [3.8, 4) is 0 Å². The summed E-state index contributed by atoms with van der Waals surface area (Å²) in [5, 5.41) is 10.2. The lowest BCUT2D eigenvalue weighted by atomic mass is 9.44. The number of allylic oxidation sites excluding steroid dienone is 2. The Morgan fingerprint density at radius 2 is 1.73 bits per heavy atom. The standard InChI is InChI=1S/C25H34O/c1-24-14-12-19(26)16-18(24)8-9-20-22-11-10-21(17-6-4-3-5-7-17)25(22,2)15-13-23(20)24/h3-7,10,18-20,22-23,26H,8-9,11-16H2,1-2H3. The number of fused-ring (bicyclic) bond motifs is 5. The number of benzene rings is 1. The van der Waals surface area contributed by atoms with E-state index in [1.165, 1.54) is 44.1 Å². The maximum Gasteiger partial charge on any atom is 0.0543 e. The van der Waals surface area contributed by atoms with Crippen LogP contribution >= 0.6 is 0 Å². The maximum atomic E-state index is 10.2. The van der Waals surface area contributed by atoms with Crippen LogP contribution in [0.1, 0.15) is 70.8 Å². The summed E-state index contributed by atoms with van der Waals surface area (Å²) >= 11 is 0. The predicted octanol–water partition coefficient (Wildman–Crippen LogP) is 6.08. The summed E-state index contributed by atoms with van der Waals surface area (Å²) in [4.78, 5) is 0. The number of aliphatic hydroxyl groups is 1. The van der Waals surface area contributed by atoms with Gasteiger partial charge in [0.2, 0.25) is 0 Å². The molecule has 1 nitrogen and oxygen atoms in total. The van der Waals surface area contributed by atoms with Gasteiger partial charge < -0.3 is 5.11 Å². The SMILES string of the molecule is CC12CCC3C(CCC4CC(O)CCC43C)C1CC=C2c1ccccc1. The molecule has 0 bridgehead atoms. The molecule has 7 unspecified atom stereocenters. The van der Waals surface area contributed by atoms with Crippen molar-refractivity contribution in [1.29, 1.82) is 0 Å². The van der Waals surface area contributed by atoms with Crippen LogP contribution < -0.4 is 0 Å². The summed E-state index contributed by atoms with van der Waals surface area (Å²) in [6.45, 7) is 5.16. The normalized spacial score (nSPS) is 47.5. The zero-order valence-corrected chi connectivity index (χ0v) is 16.5. The molecule has 7 atom stereocenters. The molecule has 4 aliphatic carbocycles. The second kappa shape index (κ2) is 5.96. The highest BCUT2D eigenvalue weighted by Crippen LogP contribution is 2.67. The molecule has 1 N–H and O–H groups in total. The molecule has 0 amide bonds. The third-order valence-electron chi connectivity index (χ3n) is 9.30. The van der Waals surface area contributed by atoms with Crippen molar-refractivity contribution in [2.24, 2.45) is 34.5 Å². The summed E-state index contributed by atoms with van der Waals surface area (Å²) in [5.41, 5.74) is 3.95. The van der Waals surface area contributed by atoms with Crippen molar-refractivity contribution in [2.45, 2.75) is 71.3 Å². The first-order valence-corrected chi connectivity index (χ1v) is 11.0. The van der Waals surface area contributed by atoms with Gasteiger partial charge in [0.05, 0.1) is 6.10 Å². The smallest absolute Gasteiger partial charge is 0.0543 e. The van der Waals surface area contributed by atoms with Gasteiger partial charge in [-0.15, -0.1) is 0 Å². The Morgan fingerprint density at radius 3 is 2.54 bits per heavy atom. The van der Waals surface area contributed by atoms with E-state index >= 15 is 0 Å². The Labute approximate surface area is 158 Å². The van der Waals surface area contributed by atoms with Crippen molar-refractivity contribution in [1.82, 2.24) is 0 Å². The summed E-state index contributed by atoms with van der Waals surface area (Å²) in [5.74, 6) is 3.37. The Morgan fingerprint density at radius 1 is 0.923 bits per heavy atom. The van der Waals surface area contributed by atoms with E-state index in [2.05, 4.69) is 50.3 Å². The third-order valence-corrected chi connectivity index (χ3v) is 9.30. The fraction of sp³-hybridized carbons (Fsp3) is 0.680. The molecule has 0 spiro atoms. The van der Waals surface area contributed by atoms with E-state index in [0.29, 0.717) is 10.8 Å². The molecule has 26 heavy (non-hydrogen) atoms. The Kier molecular flexibility index (Phi) is 3.91. The van der Waals surface area contributed by atoms with Gasteiger partial charge in [0.15, 0.2) is 0 Å². The summed E-state index contributed by atoms with van der Waals surface area (Å²) < 4.78 is 0. The molecule has 140 valence electrons. The second-order valence-corrected chi connectivity index (χ2v) is 10.3. The zero-order valence-electron chi connectivity index (χ0n) is 16.5. The van der Waals surface area contributed by atoms with Crippen LogP contribution in [0.2, 0.25) is 0 Å². The number of hydrogen-bond acceptors (Lipinski definition) is 1. The van der Waals surface area contributed by atoms with Gasteiger partial charge in [0.1, 0.15) is 0 Å². The van der Waals surface area contributed by atoms with E-state index in [1.807, 2.05) is 0 Å². The summed E-state index contributed by atoms with van der Waals surface area (Å²) in [6, 6.07) is 11.1. The van der Waals surface area contributed by atoms with E-state index in [-0.39, 0.29) is 6.10 Å². The van der Waals surface area contributed by atoms with E-state index in [1.54, 1.807) is 5.57 Å². The molecule has 0 saturated heterocycles. The Hall–Kier alpha value is -1.08. The number of rotatable bonds is 1. The quantitative estimate of drug-likeness (QED) is 0.650. The molecule has 1 aromatic carbocycles. The predicted molar refractivity (Wildman–Crippen MR) is 108 cm³/mol. The molecule has 4 aliphatic rings. The van der Waals surface area contributed by atoms with Gasteiger partial charge in [-0.3, -0.25) is 0 Å². The molecule has 5 rings (SSSR count). The van der Waals surface area contributed by atoms with E-state index in [4.69, 9.17) is 0 Å². The lowest BCUT2D eigenvalue weighted by Gasteiger charge is -2.60. The van der Waals surface area contributed by atoms with Crippen LogP contribution in [-0.2, 0) is 0 Å². The minimum Gasteiger partial charge on any atom is -0.393 e. The largest absolute Gasteiger partial charge is 0.393 e. The van der Waals surface area contributed by atoms with Gasteiger partial charge in [-0.25, -0.2) is 0 Å². The van der Waals surface area contributed by atoms with Gasteiger partial charge in [-0.2, -0.15) is 0 Å². The first-order chi connectivity index (χ1) is 12.5. The van der Waals surface area contributed by atoms with Crippen LogP contribution in [0.25, 0.3) is 5.57 Å². The minimum absolute atomic E-state index is 0.0312. The average Bonchev–Trinajstić information content (AvgIpc) is 3.00. The van der Waals surface area contributed by atoms with Crippen LogP contribution in [-0.4, -0.2) is 11.2 Å². The fourth-order valence-electron chi connectivity index (χ4n) is 7.87. The molecule has 1 heteroatoms. The molecule has 3 saturated carbocycles. The van der Waals surface area contributed by atoms with Gasteiger partial charge in [0, 0.05) is 0 Å². The first-order valence-electron chi connectivity index (χ1n) is 11.0. The zero-order chi connectivity index (χ0) is 17.9. The lowest BCUT2D eigenvalue weighted by Crippen LogP contribution is -2.53. The van der Waals surface area contributed by atoms with Crippen LogP contribution in [0, 0.1) is 34.5 Å². The lowest BCUT2D eigenvalue weighted by molar-refractivity contribution is -0.115. The van der Waals surface area contributed by atoms with E-state index < -0.39 is 0 Å². The topological polar surface area (TPSA) is 20.2 Å². The molecule has 0 radical (unpaired) electrons. The van der Waals surface area contributed by atoms with Crippen LogP contribution in [0.4, 0.5) is 0 Å². The molecule has 1 aromatic rings. The summed E-state index contributed by atoms with van der Waals surface area (Å²) in [6.07, 6.45) is 12.7.